The Morgan fingerprint density at radius 2 is 1.32 bits per heavy atom. The fourth-order valence-electron chi connectivity index (χ4n) is 12.7. The molecular formula is C40H58F6N2O9. The van der Waals surface area contributed by atoms with Crippen molar-refractivity contribution in [2.45, 2.75) is 158 Å². The highest BCUT2D eigenvalue weighted by atomic mass is 19.4. The number of hydrogen-bond acceptors (Lipinski definition) is 11. The molecule has 8 saturated heterocycles. The maximum absolute atomic E-state index is 15.3. The van der Waals surface area contributed by atoms with Gasteiger partial charge in [-0.1, -0.05) is 20.8 Å². The highest BCUT2D eigenvalue weighted by Crippen LogP contribution is 2.65. The quantitative estimate of drug-likeness (QED) is 0.188. The topological polar surface area (TPSA) is 89.6 Å². The first-order valence-corrected chi connectivity index (χ1v) is 21.1. The van der Waals surface area contributed by atoms with Crippen LogP contribution in [-0.4, -0.2) is 109 Å². The molecular weight excluding hydrogens is 766 g/mol. The molecule has 14 atom stereocenters. The maximum Gasteiger partial charge on any atom is 0.449 e. The van der Waals surface area contributed by atoms with Gasteiger partial charge in [-0.3, -0.25) is 4.90 Å². The van der Waals surface area contributed by atoms with Crippen LogP contribution >= 0.6 is 0 Å². The van der Waals surface area contributed by atoms with Crippen molar-refractivity contribution in [3.05, 3.63) is 11.3 Å². The highest BCUT2D eigenvalue weighted by Gasteiger charge is 2.77. The van der Waals surface area contributed by atoms with Gasteiger partial charge < -0.3 is 28.6 Å². The third-order valence-corrected chi connectivity index (χ3v) is 15.9. The van der Waals surface area contributed by atoms with E-state index in [4.69, 9.17) is 43.2 Å². The van der Waals surface area contributed by atoms with Crippen molar-refractivity contribution in [2.75, 3.05) is 39.8 Å². The summed E-state index contributed by atoms with van der Waals surface area (Å²) in [4.78, 5) is 27.8. The molecule has 9 aliphatic heterocycles. The normalized spacial score (nSPS) is 49.0. The molecule has 11 nitrogen and oxygen atoms in total. The van der Waals surface area contributed by atoms with E-state index in [2.05, 4.69) is 13.8 Å². The molecule has 0 aromatic heterocycles. The van der Waals surface area contributed by atoms with E-state index < -0.39 is 77.0 Å². The number of alkyl halides is 6. The third kappa shape index (κ3) is 6.27. The number of piperidine rings is 1. The molecule has 324 valence electrons. The molecule has 57 heavy (non-hydrogen) atoms. The fourth-order valence-corrected chi connectivity index (χ4v) is 12.7. The summed E-state index contributed by atoms with van der Waals surface area (Å²) in [6, 6.07) is -0.0174. The van der Waals surface area contributed by atoms with E-state index >= 15 is 13.2 Å². The number of allylic oxidation sites excluding steroid dienone is 1. The van der Waals surface area contributed by atoms with Gasteiger partial charge in [0.05, 0.1) is 6.61 Å². The van der Waals surface area contributed by atoms with Gasteiger partial charge in [0.15, 0.2) is 17.5 Å². The molecule has 0 radical (unpaired) electrons. The maximum atomic E-state index is 15.3. The first-order valence-electron chi connectivity index (χ1n) is 21.1. The van der Waals surface area contributed by atoms with Crippen molar-refractivity contribution in [1.29, 1.82) is 0 Å². The van der Waals surface area contributed by atoms with Crippen LogP contribution in [0.25, 0.3) is 0 Å². The summed E-state index contributed by atoms with van der Waals surface area (Å²) in [6.45, 7) is 10.1. The zero-order valence-corrected chi connectivity index (χ0v) is 33.7. The van der Waals surface area contributed by atoms with Crippen molar-refractivity contribution in [3.8, 4) is 0 Å². The molecule has 11 rings (SSSR count). The Morgan fingerprint density at radius 3 is 1.95 bits per heavy atom. The molecule has 10 fully saturated rings. The average molecular weight is 825 g/mol. The van der Waals surface area contributed by atoms with Gasteiger partial charge in [-0.2, -0.15) is 26.3 Å². The van der Waals surface area contributed by atoms with Gasteiger partial charge in [-0.05, 0) is 109 Å². The van der Waals surface area contributed by atoms with E-state index in [9.17, 15) is 13.2 Å². The molecule has 2 spiro atoms. The van der Waals surface area contributed by atoms with Gasteiger partial charge in [0.1, 0.15) is 0 Å². The lowest BCUT2D eigenvalue weighted by atomic mass is 9.57. The van der Waals surface area contributed by atoms with Crippen molar-refractivity contribution in [1.82, 2.24) is 9.80 Å². The summed E-state index contributed by atoms with van der Waals surface area (Å²) < 4.78 is 120. The molecule has 0 amide bonds. The van der Waals surface area contributed by atoms with Crippen LogP contribution < -0.4 is 0 Å². The standard InChI is InChI=1S/C40H58F6N2O9/c1-22-7-9-29-24(3)38(40(44,45)46,53-33-36(29)27(22)11-16-35(5,52-33)55-56-36)49-20-19-47(6)25-13-17-48(18-14-25)21-26-30-10-8-23(2)28-12-15-34(4)51-32(37(28,30)57-54-34)50-31(26)39(41,42)43/h22-25,27-30,32-33H,7-21H2,1-6H3/t22-,23-,24-,27+,28+,29+,30+,32-,33+,34+,35?,36-,37-,38-/m1/s1. The van der Waals surface area contributed by atoms with E-state index in [-0.39, 0.29) is 55.0 Å². The second kappa shape index (κ2) is 13.9. The Balaban J connectivity index is 0.869. The summed E-state index contributed by atoms with van der Waals surface area (Å²) in [6.07, 6.45) is -6.09. The van der Waals surface area contributed by atoms with Crippen molar-refractivity contribution in [3.63, 3.8) is 0 Å². The van der Waals surface area contributed by atoms with Crippen LogP contribution in [-0.2, 0) is 43.2 Å². The fraction of sp³-hybridized carbons (Fsp3) is 0.950. The Kier molecular flexibility index (Phi) is 10.00. The predicted octanol–water partition coefficient (Wildman–Crippen LogP) is 7.60. The van der Waals surface area contributed by atoms with Crippen LogP contribution in [0, 0.1) is 41.4 Å². The SMILES string of the molecule is C[C@@H]1CC[C@H]2[C@@H](C)[C@](OCCN(C)C3CCN(CC4=C(C(F)(F)F)O[C@@H]5O[C@]6(C)CC[C@H]7[C@H](C)CC[C@@H]4[C@@]57OO6)CC3)(C(F)(F)F)O[C@@H]3OC4(C)CC[C@@H]1[C@]32OO4. The minimum Gasteiger partial charge on any atom is -0.456 e. The number of ether oxygens (including phenoxy) is 5. The zero-order chi connectivity index (χ0) is 40.6. The van der Waals surface area contributed by atoms with E-state index in [1.54, 1.807) is 13.8 Å². The lowest BCUT2D eigenvalue weighted by Crippen LogP contribution is -2.76. The average Bonchev–Trinajstić information content (AvgIpc) is 3.52. The van der Waals surface area contributed by atoms with E-state index in [0.717, 1.165) is 12.8 Å². The highest BCUT2D eigenvalue weighted by molar-refractivity contribution is 5.29. The Hall–Kier alpha value is -1.28. The number of hydrogen-bond donors (Lipinski definition) is 0. The summed E-state index contributed by atoms with van der Waals surface area (Å²) in [5, 5.41) is 0. The predicted molar refractivity (Wildman–Crippen MR) is 187 cm³/mol. The zero-order valence-electron chi connectivity index (χ0n) is 33.7. The van der Waals surface area contributed by atoms with E-state index in [1.165, 1.54) is 6.92 Å². The van der Waals surface area contributed by atoms with Crippen LogP contribution in [0.2, 0.25) is 0 Å². The molecule has 0 aromatic carbocycles. The molecule has 0 aromatic rings. The molecule has 9 heterocycles. The second-order valence-corrected chi connectivity index (χ2v) is 19.1. The number of fused-ring (bicyclic) bond motifs is 4. The number of halogens is 6. The van der Waals surface area contributed by atoms with Gasteiger partial charge in [-0.25, -0.2) is 19.6 Å². The largest absolute Gasteiger partial charge is 0.456 e. The lowest BCUT2D eigenvalue weighted by molar-refractivity contribution is -0.598. The lowest BCUT2D eigenvalue weighted by Gasteiger charge is -2.62. The van der Waals surface area contributed by atoms with Crippen molar-refractivity contribution >= 4 is 0 Å². The Bertz CT molecular complexity index is 1580. The summed E-state index contributed by atoms with van der Waals surface area (Å²) in [5.74, 6) is -8.42. The molecule has 4 bridgehead atoms. The van der Waals surface area contributed by atoms with Gasteiger partial charge in [-0.15, -0.1) is 0 Å². The van der Waals surface area contributed by atoms with Gasteiger partial charge in [0, 0.05) is 55.6 Å². The van der Waals surface area contributed by atoms with E-state index in [1.807, 2.05) is 16.8 Å². The first-order chi connectivity index (χ1) is 26.8. The summed E-state index contributed by atoms with van der Waals surface area (Å²) in [5.41, 5.74) is -2.18. The van der Waals surface area contributed by atoms with Crippen LogP contribution in [0.15, 0.2) is 11.3 Å². The Labute approximate surface area is 330 Å². The molecule has 2 aliphatic carbocycles. The van der Waals surface area contributed by atoms with E-state index in [0.29, 0.717) is 64.5 Å². The third-order valence-electron chi connectivity index (χ3n) is 15.9. The molecule has 0 N–H and O–H groups in total. The monoisotopic (exact) mass is 824 g/mol. The molecule has 17 heteroatoms. The van der Waals surface area contributed by atoms with Crippen molar-refractivity contribution in [2.24, 2.45) is 41.4 Å². The number of likely N-dealkylation sites (tertiary alicyclic amines) is 1. The first kappa shape index (κ1) is 41.1. The smallest absolute Gasteiger partial charge is 0.449 e. The van der Waals surface area contributed by atoms with Crippen LogP contribution in [0.1, 0.15) is 98.8 Å². The Morgan fingerprint density at radius 1 is 0.719 bits per heavy atom. The van der Waals surface area contributed by atoms with Crippen LogP contribution in [0.4, 0.5) is 26.3 Å². The number of rotatable bonds is 7. The number of likely N-dealkylation sites (N-methyl/N-ethyl adjacent to an activating group) is 1. The minimum atomic E-state index is -4.87. The van der Waals surface area contributed by atoms with Crippen LogP contribution in [0.3, 0.4) is 0 Å². The summed E-state index contributed by atoms with van der Waals surface area (Å²) >= 11 is 0. The molecule has 1 unspecified atom stereocenters. The van der Waals surface area contributed by atoms with Crippen LogP contribution in [0.5, 0.6) is 0 Å². The second-order valence-electron chi connectivity index (χ2n) is 19.1. The van der Waals surface area contributed by atoms with Gasteiger partial charge >= 0.3 is 12.4 Å². The molecule has 11 aliphatic rings. The van der Waals surface area contributed by atoms with Gasteiger partial charge in [0.2, 0.25) is 23.6 Å². The minimum absolute atomic E-state index is 0.0174. The number of nitrogens with zero attached hydrogens (tertiary/aromatic N) is 2. The molecule has 2 saturated carbocycles. The van der Waals surface area contributed by atoms with Gasteiger partial charge in [0.25, 0.3) is 5.79 Å². The summed E-state index contributed by atoms with van der Waals surface area (Å²) in [7, 11) is 1.85. The van der Waals surface area contributed by atoms with Crippen molar-refractivity contribution < 1.29 is 69.6 Å².